The number of sulfone groups is 1. The van der Waals surface area contributed by atoms with Crippen LogP contribution in [0.15, 0.2) is 46.9 Å². The predicted molar refractivity (Wildman–Crippen MR) is 117 cm³/mol. The monoisotopic (exact) mass is 414 g/mol. The SMILES string of the molecule is NCCCNc1cc(N2CCS(=O)(=O)C3=C(C=CCC3)C2)nc2ccc(O)cc12. The normalized spacial score (nSPS) is 18.6. The summed E-state index contributed by atoms with van der Waals surface area (Å²) in [5.74, 6) is 0.989. The molecule has 0 fully saturated rings. The van der Waals surface area contributed by atoms with Crippen LogP contribution in [0.3, 0.4) is 0 Å². The van der Waals surface area contributed by atoms with E-state index in [2.05, 4.69) is 5.32 Å². The van der Waals surface area contributed by atoms with Crippen molar-refractivity contribution in [2.75, 3.05) is 42.1 Å². The van der Waals surface area contributed by atoms with E-state index >= 15 is 0 Å². The van der Waals surface area contributed by atoms with Crippen molar-refractivity contribution in [3.8, 4) is 5.75 Å². The second-order valence-corrected chi connectivity index (χ2v) is 9.56. The summed E-state index contributed by atoms with van der Waals surface area (Å²) >= 11 is 0. The summed E-state index contributed by atoms with van der Waals surface area (Å²) in [6.45, 7) is 2.20. The average Bonchev–Trinajstić information content (AvgIpc) is 2.84. The van der Waals surface area contributed by atoms with E-state index in [0.29, 0.717) is 37.5 Å². The maximum atomic E-state index is 12.7. The highest BCUT2D eigenvalue weighted by Crippen LogP contribution is 2.33. The number of aromatic nitrogens is 1. The number of phenols is 1. The van der Waals surface area contributed by atoms with Crippen LogP contribution in [0.5, 0.6) is 5.75 Å². The lowest BCUT2D eigenvalue weighted by Crippen LogP contribution is -2.29. The van der Waals surface area contributed by atoms with Gasteiger partial charge in [-0.25, -0.2) is 13.4 Å². The summed E-state index contributed by atoms with van der Waals surface area (Å²) in [5.41, 5.74) is 8.08. The van der Waals surface area contributed by atoms with Gasteiger partial charge in [0.15, 0.2) is 9.84 Å². The molecule has 4 N–H and O–H groups in total. The summed E-state index contributed by atoms with van der Waals surface area (Å²) in [7, 11) is -3.24. The fourth-order valence-corrected chi connectivity index (χ4v) is 5.52. The van der Waals surface area contributed by atoms with Gasteiger partial charge >= 0.3 is 0 Å². The molecular formula is C21H26N4O3S. The Labute approximate surface area is 170 Å². The molecule has 2 aromatic rings. The third-order valence-corrected chi connectivity index (χ3v) is 7.32. The Bertz CT molecular complexity index is 1090. The van der Waals surface area contributed by atoms with Gasteiger partial charge in [0.25, 0.3) is 0 Å². The highest BCUT2D eigenvalue weighted by Gasteiger charge is 2.28. The lowest BCUT2D eigenvalue weighted by Gasteiger charge is -2.24. The van der Waals surface area contributed by atoms with Crippen LogP contribution < -0.4 is 16.0 Å². The molecule has 29 heavy (non-hydrogen) atoms. The molecule has 0 saturated carbocycles. The van der Waals surface area contributed by atoms with Gasteiger partial charge in [0.2, 0.25) is 0 Å². The van der Waals surface area contributed by atoms with Crippen LogP contribution in [0, 0.1) is 0 Å². The zero-order chi connectivity index (χ0) is 20.4. The molecule has 2 aliphatic rings. The number of anilines is 2. The molecule has 0 spiro atoms. The molecule has 4 rings (SSSR count). The van der Waals surface area contributed by atoms with Crippen LogP contribution in [-0.2, 0) is 9.84 Å². The average molecular weight is 415 g/mol. The molecule has 1 aliphatic heterocycles. The highest BCUT2D eigenvalue weighted by atomic mass is 32.2. The minimum atomic E-state index is -3.24. The van der Waals surface area contributed by atoms with Gasteiger partial charge in [-0.15, -0.1) is 0 Å². The van der Waals surface area contributed by atoms with Gasteiger partial charge in [-0.05, 0) is 49.6 Å². The van der Waals surface area contributed by atoms with Crippen molar-refractivity contribution < 1.29 is 13.5 Å². The quantitative estimate of drug-likeness (QED) is 0.645. The molecule has 0 radical (unpaired) electrons. The summed E-state index contributed by atoms with van der Waals surface area (Å²) in [6.07, 6.45) is 6.15. The number of benzene rings is 1. The molecule has 8 heteroatoms. The molecule has 1 aromatic carbocycles. The molecule has 154 valence electrons. The summed E-state index contributed by atoms with van der Waals surface area (Å²) in [6, 6.07) is 7.01. The molecule has 0 amide bonds. The number of nitrogens with one attached hydrogen (secondary N) is 1. The van der Waals surface area contributed by atoms with Crippen LogP contribution in [-0.4, -0.2) is 50.4 Å². The summed E-state index contributed by atoms with van der Waals surface area (Å²) < 4.78 is 25.4. The molecule has 0 atom stereocenters. The van der Waals surface area contributed by atoms with Crippen molar-refractivity contribution in [2.24, 2.45) is 5.73 Å². The Morgan fingerprint density at radius 2 is 2.14 bits per heavy atom. The minimum Gasteiger partial charge on any atom is -0.508 e. The second-order valence-electron chi connectivity index (χ2n) is 7.43. The smallest absolute Gasteiger partial charge is 0.176 e. The van der Waals surface area contributed by atoms with E-state index in [1.807, 2.05) is 23.1 Å². The first kappa shape index (κ1) is 19.7. The Morgan fingerprint density at radius 1 is 1.28 bits per heavy atom. The van der Waals surface area contributed by atoms with E-state index in [9.17, 15) is 13.5 Å². The topological polar surface area (TPSA) is 109 Å². The minimum absolute atomic E-state index is 0.0882. The summed E-state index contributed by atoms with van der Waals surface area (Å²) in [5, 5.41) is 14.1. The standard InChI is InChI=1S/C21H26N4O3S/c22-8-3-9-23-19-13-21(24-18-7-6-16(26)12-17(18)19)25-10-11-29(27,28)20-5-2-1-4-15(20)14-25/h1,4,6-7,12-13,26H,2-3,5,8-11,14,22H2,(H,23,24). The van der Waals surface area contributed by atoms with Crippen molar-refractivity contribution in [1.29, 1.82) is 0 Å². The largest absolute Gasteiger partial charge is 0.508 e. The Morgan fingerprint density at radius 3 is 2.97 bits per heavy atom. The third kappa shape index (κ3) is 4.09. The molecule has 7 nitrogen and oxygen atoms in total. The second kappa shape index (κ2) is 8.04. The van der Waals surface area contributed by atoms with Crippen molar-refractivity contribution >= 4 is 32.2 Å². The molecule has 0 bridgehead atoms. The van der Waals surface area contributed by atoms with Crippen molar-refractivity contribution in [3.05, 3.63) is 46.9 Å². The van der Waals surface area contributed by atoms with Gasteiger partial charge in [-0.3, -0.25) is 0 Å². The number of hydrogen-bond donors (Lipinski definition) is 3. The van der Waals surface area contributed by atoms with Crippen molar-refractivity contribution in [2.45, 2.75) is 19.3 Å². The summed E-state index contributed by atoms with van der Waals surface area (Å²) in [4.78, 5) is 7.37. The number of nitrogens with zero attached hydrogens (tertiary/aromatic N) is 2. The number of nitrogens with two attached hydrogens (primary N) is 1. The Balaban J connectivity index is 1.74. The first-order chi connectivity index (χ1) is 14.0. The number of phenolic OH excluding ortho intramolecular Hbond substituents is 1. The first-order valence-corrected chi connectivity index (χ1v) is 11.6. The lowest BCUT2D eigenvalue weighted by atomic mass is 10.1. The molecule has 0 saturated heterocycles. The molecule has 1 aromatic heterocycles. The zero-order valence-electron chi connectivity index (χ0n) is 16.3. The maximum absolute atomic E-state index is 12.7. The lowest BCUT2D eigenvalue weighted by molar-refractivity contribution is 0.476. The predicted octanol–water partition coefficient (Wildman–Crippen LogP) is 2.54. The molecular weight excluding hydrogens is 388 g/mol. The van der Waals surface area contributed by atoms with Crippen LogP contribution in [0.2, 0.25) is 0 Å². The first-order valence-electron chi connectivity index (χ1n) is 9.92. The molecule has 0 unspecified atom stereocenters. The number of fused-ring (bicyclic) bond motifs is 1. The Hall–Kier alpha value is -2.58. The fraction of sp³-hybridized carbons (Fsp3) is 0.381. The fourth-order valence-electron chi connectivity index (χ4n) is 3.86. The van der Waals surface area contributed by atoms with Gasteiger partial charge in [0.1, 0.15) is 11.6 Å². The van der Waals surface area contributed by atoms with Gasteiger partial charge in [-0.1, -0.05) is 12.2 Å². The van der Waals surface area contributed by atoms with Gasteiger partial charge in [-0.2, -0.15) is 0 Å². The van der Waals surface area contributed by atoms with Gasteiger partial charge in [0, 0.05) is 41.7 Å². The molecule has 1 aliphatic carbocycles. The third-order valence-electron chi connectivity index (χ3n) is 5.38. The number of hydrogen-bond acceptors (Lipinski definition) is 7. The number of allylic oxidation sites excluding steroid dienone is 2. The van der Waals surface area contributed by atoms with Gasteiger partial charge in [0.05, 0.1) is 11.3 Å². The number of pyridine rings is 1. The van der Waals surface area contributed by atoms with Crippen molar-refractivity contribution in [3.63, 3.8) is 0 Å². The van der Waals surface area contributed by atoms with E-state index in [0.717, 1.165) is 40.8 Å². The maximum Gasteiger partial charge on any atom is 0.176 e. The number of rotatable bonds is 5. The number of aromatic hydroxyl groups is 1. The van der Waals surface area contributed by atoms with E-state index in [-0.39, 0.29) is 11.5 Å². The highest BCUT2D eigenvalue weighted by molar-refractivity contribution is 7.95. The molecule has 2 heterocycles. The van der Waals surface area contributed by atoms with Gasteiger partial charge < -0.3 is 21.1 Å². The van der Waals surface area contributed by atoms with E-state index in [4.69, 9.17) is 10.7 Å². The van der Waals surface area contributed by atoms with Crippen LogP contribution in [0.1, 0.15) is 19.3 Å². The zero-order valence-corrected chi connectivity index (χ0v) is 17.1. The van der Waals surface area contributed by atoms with Crippen LogP contribution >= 0.6 is 0 Å². The van der Waals surface area contributed by atoms with E-state index < -0.39 is 9.84 Å². The Kier molecular flexibility index (Phi) is 5.47. The van der Waals surface area contributed by atoms with E-state index in [1.54, 1.807) is 18.2 Å². The van der Waals surface area contributed by atoms with Crippen LogP contribution in [0.25, 0.3) is 10.9 Å². The van der Waals surface area contributed by atoms with Crippen LogP contribution in [0.4, 0.5) is 11.5 Å². The van der Waals surface area contributed by atoms with E-state index in [1.165, 1.54) is 0 Å². The van der Waals surface area contributed by atoms with Crippen molar-refractivity contribution in [1.82, 2.24) is 4.98 Å².